The maximum atomic E-state index is 12.1. The van der Waals surface area contributed by atoms with Crippen LogP contribution in [0.2, 0.25) is 0 Å². The minimum atomic E-state index is -0.999. The van der Waals surface area contributed by atoms with Crippen LogP contribution in [0.3, 0.4) is 0 Å². The maximum absolute atomic E-state index is 12.1. The van der Waals surface area contributed by atoms with Crippen molar-refractivity contribution < 1.29 is 14.7 Å². The zero-order chi connectivity index (χ0) is 14.0. The number of anilines is 1. The number of H-pyrrole nitrogens is 1. The molecule has 7 nitrogen and oxygen atoms in total. The molecule has 3 N–H and O–H groups in total. The molecule has 0 atom stereocenters. The number of aryl methyl sites for hydroxylation is 2. The third kappa shape index (κ3) is 2.65. The Morgan fingerprint density at radius 1 is 1.47 bits per heavy atom. The van der Waals surface area contributed by atoms with Crippen LogP contribution in [0, 0.1) is 13.8 Å². The van der Waals surface area contributed by atoms with E-state index in [4.69, 9.17) is 5.11 Å². The second-order valence-corrected chi connectivity index (χ2v) is 4.18. The van der Waals surface area contributed by atoms with Crippen molar-refractivity contribution in [3.8, 4) is 0 Å². The van der Waals surface area contributed by atoms with Gasteiger partial charge in [-0.2, -0.15) is 5.10 Å². The molecule has 0 fully saturated rings. The average molecular weight is 262 g/mol. The van der Waals surface area contributed by atoms with Gasteiger partial charge in [0.15, 0.2) is 0 Å². The molecule has 0 aromatic carbocycles. The highest BCUT2D eigenvalue weighted by atomic mass is 16.4. The summed E-state index contributed by atoms with van der Waals surface area (Å²) < 4.78 is 1.38. The molecule has 0 spiro atoms. The normalized spacial score (nSPS) is 10.4. The fourth-order valence-corrected chi connectivity index (χ4v) is 1.82. The number of nitrogens with one attached hydrogen (secondary N) is 2. The molecule has 0 saturated heterocycles. The quantitative estimate of drug-likeness (QED) is 0.769. The van der Waals surface area contributed by atoms with Gasteiger partial charge in [0.05, 0.1) is 17.1 Å². The molecule has 0 saturated carbocycles. The lowest BCUT2D eigenvalue weighted by Gasteiger charge is -2.08. The Balaban J connectivity index is 2.21. The lowest BCUT2D eigenvalue weighted by atomic mass is 10.3. The van der Waals surface area contributed by atoms with Crippen molar-refractivity contribution in [1.29, 1.82) is 0 Å². The van der Waals surface area contributed by atoms with Crippen molar-refractivity contribution in [2.24, 2.45) is 0 Å². The van der Waals surface area contributed by atoms with Gasteiger partial charge in [0.2, 0.25) is 0 Å². The summed E-state index contributed by atoms with van der Waals surface area (Å²) in [6.07, 6.45) is 1.55. The highest BCUT2D eigenvalue weighted by molar-refractivity contribution is 6.04. The van der Waals surface area contributed by atoms with Gasteiger partial charge in [0.1, 0.15) is 12.2 Å². The Kier molecular flexibility index (Phi) is 3.37. The first kappa shape index (κ1) is 12.9. The summed E-state index contributed by atoms with van der Waals surface area (Å²) in [4.78, 5) is 22.8. The molecule has 2 aromatic heterocycles. The molecule has 0 radical (unpaired) electrons. The molecule has 0 aliphatic rings. The third-order valence-corrected chi connectivity index (χ3v) is 2.73. The largest absolute Gasteiger partial charge is 0.480 e. The van der Waals surface area contributed by atoms with Crippen LogP contribution in [-0.4, -0.2) is 31.7 Å². The van der Waals surface area contributed by atoms with Gasteiger partial charge in [-0.15, -0.1) is 0 Å². The molecule has 19 heavy (non-hydrogen) atoms. The molecule has 2 heterocycles. The van der Waals surface area contributed by atoms with Gasteiger partial charge in [-0.05, 0) is 26.0 Å². The Hall–Kier alpha value is -2.57. The summed E-state index contributed by atoms with van der Waals surface area (Å²) in [5, 5.41) is 18.2. The van der Waals surface area contributed by atoms with E-state index in [0.717, 1.165) is 5.69 Å². The Labute approximate surface area is 109 Å². The first-order valence-corrected chi connectivity index (χ1v) is 5.69. The molecular formula is C12H14N4O3. The minimum absolute atomic E-state index is 0.251. The van der Waals surface area contributed by atoms with Crippen LogP contribution in [0.4, 0.5) is 5.69 Å². The van der Waals surface area contributed by atoms with Crippen molar-refractivity contribution in [2.45, 2.75) is 20.4 Å². The minimum Gasteiger partial charge on any atom is -0.480 e. The van der Waals surface area contributed by atoms with Crippen LogP contribution in [0.25, 0.3) is 0 Å². The molecule has 1 amide bonds. The average Bonchev–Trinajstić information content (AvgIpc) is 2.90. The summed E-state index contributed by atoms with van der Waals surface area (Å²) in [6, 6.07) is 3.20. The molecule has 2 aromatic rings. The lowest BCUT2D eigenvalue weighted by molar-refractivity contribution is -0.137. The summed E-state index contributed by atoms with van der Waals surface area (Å²) in [6.45, 7) is 3.32. The Morgan fingerprint density at radius 3 is 2.79 bits per heavy atom. The van der Waals surface area contributed by atoms with Crippen LogP contribution in [0.1, 0.15) is 21.9 Å². The second-order valence-electron chi connectivity index (χ2n) is 4.18. The zero-order valence-electron chi connectivity index (χ0n) is 10.6. The SMILES string of the molecule is Cc1n[nH]c(C)c1NC(=O)c1cccn1CC(=O)O. The summed E-state index contributed by atoms with van der Waals surface area (Å²) >= 11 is 0. The number of nitrogens with zero attached hydrogens (tertiary/aromatic N) is 2. The van der Waals surface area contributed by atoms with Crippen molar-refractivity contribution >= 4 is 17.6 Å². The third-order valence-electron chi connectivity index (χ3n) is 2.73. The molecule has 0 aliphatic carbocycles. The number of carboxylic acids is 1. The van der Waals surface area contributed by atoms with Gasteiger partial charge in [-0.3, -0.25) is 14.7 Å². The van der Waals surface area contributed by atoms with Crippen LogP contribution in [0.5, 0.6) is 0 Å². The van der Waals surface area contributed by atoms with Crippen molar-refractivity contribution in [3.05, 3.63) is 35.4 Å². The number of aromatic nitrogens is 3. The Bertz CT molecular complexity index is 607. The number of carboxylic acid groups (broad SMARTS) is 1. The van der Waals surface area contributed by atoms with Gasteiger partial charge in [0, 0.05) is 6.20 Å². The number of amides is 1. The molecule has 2 rings (SSSR count). The fourth-order valence-electron chi connectivity index (χ4n) is 1.82. The monoisotopic (exact) mass is 262 g/mol. The highest BCUT2D eigenvalue weighted by Crippen LogP contribution is 2.17. The summed E-state index contributed by atoms with van der Waals surface area (Å²) in [5.41, 5.74) is 2.35. The van der Waals surface area contributed by atoms with E-state index in [-0.39, 0.29) is 12.5 Å². The second kappa shape index (κ2) is 4.97. The maximum Gasteiger partial charge on any atom is 0.323 e. The summed E-state index contributed by atoms with van der Waals surface area (Å²) in [5.74, 6) is -1.36. The number of rotatable bonds is 4. The van der Waals surface area contributed by atoms with Crippen LogP contribution < -0.4 is 5.32 Å². The summed E-state index contributed by atoms with van der Waals surface area (Å²) in [7, 11) is 0. The lowest BCUT2D eigenvalue weighted by Crippen LogP contribution is -2.19. The number of aliphatic carboxylic acids is 1. The molecule has 7 heteroatoms. The van der Waals surface area contributed by atoms with Gasteiger partial charge in [0.25, 0.3) is 5.91 Å². The number of aromatic amines is 1. The van der Waals surface area contributed by atoms with Crippen molar-refractivity contribution in [3.63, 3.8) is 0 Å². The number of carbonyl (C=O) groups is 2. The number of carbonyl (C=O) groups excluding carboxylic acids is 1. The van der Waals surface area contributed by atoms with E-state index in [2.05, 4.69) is 15.5 Å². The highest BCUT2D eigenvalue weighted by Gasteiger charge is 2.15. The fraction of sp³-hybridized carbons (Fsp3) is 0.250. The van der Waals surface area contributed by atoms with Crippen LogP contribution in [0.15, 0.2) is 18.3 Å². The first-order valence-electron chi connectivity index (χ1n) is 5.69. The van der Waals surface area contributed by atoms with Crippen LogP contribution in [-0.2, 0) is 11.3 Å². The van der Waals surface area contributed by atoms with E-state index in [1.54, 1.807) is 32.2 Å². The van der Waals surface area contributed by atoms with Gasteiger partial charge in [-0.1, -0.05) is 0 Å². The molecule has 0 unspecified atom stereocenters. The van der Waals surface area contributed by atoms with Crippen molar-refractivity contribution in [1.82, 2.24) is 14.8 Å². The van der Waals surface area contributed by atoms with Gasteiger partial charge >= 0.3 is 5.97 Å². The smallest absolute Gasteiger partial charge is 0.323 e. The topological polar surface area (TPSA) is 100 Å². The first-order chi connectivity index (χ1) is 8.99. The van der Waals surface area contributed by atoms with Crippen molar-refractivity contribution in [2.75, 3.05) is 5.32 Å². The Morgan fingerprint density at radius 2 is 2.21 bits per heavy atom. The standard InChI is InChI=1S/C12H14N4O3/c1-7-11(8(2)15-14-7)13-12(19)9-4-3-5-16(9)6-10(17)18/h3-5H,6H2,1-2H3,(H,13,19)(H,14,15)(H,17,18). The van der Waals surface area contributed by atoms with E-state index in [1.807, 2.05) is 0 Å². The molecule has 0 bridgehead atoms. The van der Waals surface area contributed by atoms with Crippen LogP contribution >= 0.6 is 0 Å². The molecule has 0 aliphatic heterocycles. The predicted octanol–water partition coefficient (Wildman–Crippen LogP) is 1.16. The number of hydrogen-bond donors (Lipinski definition) is 3. The van der Waals surface area contributed by atoms with Gasteiger partial charge in [-0.25, -0.2) is 0 Å². The van der Waals surface area contributed by atoms with E-state index < -0.39 is 5.97 Å². The van der Waals surface area contributed by atoms with E-state index in [0.29, 0.717) is 17.1 Å². The zero-order valence-corrected chi connectivity index (χ0v) is 10.6. The predicted molar refractivity (Wildman–Crippen MR) is 68.1 cm³/mol. The van der Waals surface area contributed by atoms with E-state index >= 15 is 0 Å². The van der Waals surface area contributed by atoms with E-state index in [1.165, 1.54) is 4.57 Å². The van der Waals surface area contributed by atoms with E-state index in [9.17, 15) is 9.59 Å². The molecule has 100 valence electrons. The molecular weight excluding hydrogens is 248 g/mol. The number of hydrogen-bond acceptors (Lipinski definition) is 3. The van der Waals surface area contributed by atoms with Gasteiger partial charge < -0.3 is 15.0 Å².